The Labute approximate surface area is 96.2 Å². The first-order valence-electron chi connectivity index (χ1n) is 6.05. The van der Waals surface area contributed by atoms with Crippen LogP contribution in [0.1, 0.15) is 33.1 Å². The van der Waals surface area contributed by atoms with E-state index in [1.807, 2.05) is 6.92 Å². The maximum absolute atomic E-state index is 11.2. The predicted octanol–water partition coefficient (Wildman–Crippen LogP) is 1.52. The molecule has 2 fully saturated rings. The van der Waals surface area contributed by atoms with Crippen molar-refractivity contribution in [3.05, 3.63) is 0 Å². The van der Waals surface area contributed by atoms with Crippen LogP contribution in [-0.2, 0) is 19.0 Å². The van der Waals surface area contributed by atoms with Gasteiger partial charge in [0.2, 0.25) is 0 Å². The number of hydrogen-bond donors (Lipinski definition) is 0. The van der Waals surface area contributed by atoms with Gasteiger partial charge in [-0.15, -0.1) is 0 Å². The highest BCUT2D eigenvalue weighted by Gasteiger charge is 2.55. The first kappa shape index (κ1) is 11.9. The highest BCUT2D eigenvalue weighted by Crippen LogP contribution is 2.49. The van der Waals surface area contributed by atoms with Crippen LogP contribution in [0.2, 0.25) is 0 Å². The van der Waals surface area contributed by atoms with Crippen molar-refractivity contribution in [1.29, 1.82) is 0 Å². The van der Waals surface area contributed by atoms with Gasteiger partial charge < -0.3 is 14.2 Å². The SMILES string of the molecule is CCOCC(=O)OCC1CCC2(C)OC2C1. The molecule has 1 aliphatic heterocycles. The van der Waals surface area contributed by atoms with E-state index >= 15 is 0 Å². The van der Waals surface area contributed by atoms with Gasteiger partial charge in [-0.3, -0.25) is 0 Å². The maximum Gasteiger partial charge on any atom is 0.332 e. The summed E-state index contributed by atoms with van der Waals surface area (Å²) in [6.07, 6.45) is 3.61. The van der Waals surface area contributed by atoms with Crippen molar-refractivity contribution in [1.82, 2.24) is 0 Å². The Bertz CT molecular complexity index is 266. The molecule has 1 saturated heterocycles. The van der Waals surface area contributed by atoms with E-state index in [2.05, 4.69) is 6.92 Å². The fourth-order valence-electron chi connectivity index (χ4n) is 2.31. The average molecular weight is 228 g/mol. The van der Waals surface area contributed by atoms with Gasteiger partial charge in [-0.2, -0.15) is 0 Å². The molecule has 1 heterocycles. The highest BCUT2D eigenvalue weighted by molar-refractivity contribution is 5.70. The Morgan fingerprint density at radius 3 is 3.06 bits per heavy atom. The minimum Gasteiger partial charge on any atom is -0.464 e. The highest BCUT2D eigenvalue weighted by atomic mass is 16.6. The molecule has 92 valence electrons. The molecule has 0 bridgehead atoms. The predicted molar refractivity (Wildman–Crippen MR) is 58.1 cm³/mol. The lowest BCUT2D eigenvalue weighted by atomic mass is 9.83. The van der Waals surface area contributed by atoms with Crippen LogP contribution >= 0.6 is 0 Å². The summed E-state index contributed by atoms with van der Waals surface area (Å²) in [5.74, 6) is 0.207. The second-order valence-corrected chi connectivity index (χ2v) is 4.88. The van der Waals surface area contributed by atoms with E-state index in [9.17, 15) is 4.79 Å². The third kappa shape index (κ3) is 2.74. The van der Waals surface area contributed by atoms with E-state index in [1.54, 1.807) is 0 Å². The molecule has 4 heteroatoms. The molecule has 0 aromatic heterocycles. The number of fused-ring (bicyclic) bond motifs is 1. The summed E-state index contributed by atoms with van der Waals surface area (Å²) in [5.41, 5.74) is 0.145. The molecular formula is C12H20O4. The lowest BCUT2D eigenvalue weighted by molar-refractivity contribution is -0.150. The fraction of sp³-hybridized carbons (Fsp3) is 0.917. The van der Waals surface area contributed by atoms with Gasteiger partial charge in [0.1, 0.15) is 6.61 Å². The van der Waals surface area contributed by atoms with E-state index in [0.29, 0.717) is 25.2 Å². The van der Waals surface area contributed by atoms with E-state index in [-0.39, 0.29) is 18.2 Å². The fourth-order valence-corrected chi connectivity index (χ4v) is 2.31. The molecule has 2 rings (SSSR count). The molecule has 0 N–H and O–H groups in total. The second kappa shape index (κ2) is 4.72. The number of esters is 1. The zero-order valence-corrected chi connectivity index (χ0v) is 10.0. The Hall–Kier alpha value is -0.610. The summed E-state index contributed by atoms with van der Waals surface area (Å²) in [5, 5.41) is 0. The number of hydrogen-bond acceptors (Lipinski definition) is 4. The van der Waals surface area contributed by atoms with Crippen molar-refractivity contribution in [2.75, 3.05) is 19.8 Å². The molecule has 1 saturated carbocycles. The molecule has 16 heavy (non-hydrogen) atoms. The van der Waals surface area contributed by atoms with Gasteiger partial charge in [0.25, 0.3) is 0 Å². The zero-order valence-electron chi connectivity index (χ0n) is 10.0. The molecule has 0 amide bonds. The largest absolute Gasteiger partial charge is 0.464 e. The number of epoxide rings is 1. The van der Waals surface area contributed by atoms with E-state index in [1.165, 1.54) is 0 Å². The summed E-state index contributed by atoms with van der Waals surface area (Å²) in [6.45, 7) is 5.16. The van der Waals surface area contributed by atoms with Crippen LogP contribution in [0.15, 0.2) is 0 Å². The Kier molecular flexibility index (Phi) is 3.50. The molecule has 3 atom stereocenters. The van der Waals surface area contributed by atoms with E-state index in [4.69, 9.17) is 14.2 Å². The summed E-state index contributed by atoms with van der Waals surface area (Å²) >= 11 is 0. The first-order valence-corrected chi connectivity index (χ1v) is 6.05. The van der Waals surface area contributed by atoms with Gasteiger partial charge in [-0.05, 0) is 39.0 Å². The average Bonchev–Trinajstić information content (AvgIpc) is 2.94. The van der Waals surface area contributed by atoms with Crippen molar-refractivity contribution >= 4 is 5.97 Å². The number of rotatable bonds is 5. The van der Waals surface area contributed by atoms with Gasteiger partial charge in [0.05, 0.1) is 18.3 Å². The summed E-state index contributed by atoms with van der Waals surface area (Å²) in [6, 6.07) is 0. The van der Waals surface area contributed by atoms with Crippen LogP contribution in [0.4, 0.5) is 0 Å². The summed E-state index contributed by atoms with van der Waals surface area (Å²) in [7, 11) is 0. The normalized spacial score (nSPS) is 36.6. The molecule has 0 spiro atoms. The Morgan fingerprint density at radius 2 is 2.38 bits per heavy atom. The number of carbonyl (C=O) groups is 1. The summed E-state index contributed by atoms with van der Waals surface area (Å²) < 4.78 is 15.7. The van der Waals surface area contributed by atoms with E-state index in [0.717, 1.165) is 19.3 Å². The molecule has 0 aromatic carbocycles. The van der Waals surface area contributed by atoms with Gasteiger partial charge in [-0.25, -0.2) is 4.79 Å². The van der Waals surface area contributed by atoms with Crippen LogP contribution in [0.25, 0.3) is 0 Å². The van der Waals surface area contributed by atoms with Gasteiger partial charge in [-0.1, -0.05) is 0 Å². The minimum absolute atomic E-state index is 0.0703. The summed E-state index contributed by atoms with van der Waals surface area (Å²) in [4.78, 5) is 11.2. The standard InChI is InChI=1S/C12H20O4/c1-3-14-8-11(13)15-7-9-4-5-12(2)10(6-9)16-12/h9-10H,3-8H2,1-2H3. The maximum atomic E-state index is 11.2. The monoisotopic (exact) mass is 228 g/mol. The topological polar surface area (TPSA) is 48.1 Å². The van der Waals surface area contributed by atoms with Crippen molar-refractivity contribution < 1.29 is 19.0 Å². The third-order valence-corrected chi connectivity index (χ3v) is 3.54. The van der Waals surface area contributed by atoms with Crippen LogP contribution in [0.5, 0.6) is 0 Å². The quantitative estimate of drug-likeness (QED) is 0.529. The molecule has 3 unspecified atom stereocenters. The van der Waals surface area contributed by atoms with Gasteiger partial charge >= 0.3 is 5.97 Å². The molecule has 4 nitrogen and oxygen atoms in total. The molecule has 0 aromatic rings. The molecule has 1 aliphatic carbocycles. The van der Waals surface area contributed by atoms with E-state index < -0.39 is 0 Å². The third-order valence-electron chi connectivity index (χ3n) is 3.54. The Balaban J connectivity index is 1.62. The van der Waals surface area contributed by atoms with Crippen molar-refractivity contribution in [3.8, 4) is 0 Å². The van der Waals surface area contributed by atoms with Crippen molar-refractivity contribution in [2.45, 2.75) is 44.8 Å². The lowest BCUT2D eigenvalue weighted by Crippen LogP contribution is -2.26. The number of carbonyl (C=O) groups excluding carboxylic acids is 1. The van der Waals surface area contributed by atoms with Crippen molar-refractivity contribution in [3.63, 3.8) is 0 Å². The van der Waals surface area contributed by atoms with Crippen LogP contribution < -0.4 is 0 Å². The van der Waals surface area contributed by atoms with Crippen LogP contribution in [0.3, 0.4) is 0 Å². The smallest absolute Gasteiger partial charge is 0.332 e. The van der Waals surface area contributed by atoms with Gasteiger partial charge in [0, 0.05) is 6.61 Å². The van der Waals surface area contributed by atoms with Crippen LogP contribution in [-0.4, -0.2) is 37.5 Å². The first-order chi connectivity index (χ1) is 7.64. The number of ether oxygens (including phenoxy) is 3. The van der Waals surface area contributed by atoms with Crippen molar-refractivity contribution in [2.24, 2.45) is 5.92 Å². The lowest BCUT2D eigenvalue weighted by Gasteiger charge is -2.21. The van der Waals surface area contributed by atoms with Gasteiger partial charge in [0.15, 0.2) is 0 Å². The minimum atomic E-state index is -0.257. The Morgan fingerprint density at radius 1 is 1.56 bits per heavy atom. The molecular weight excluding hydrogens is 208 g/mol. The molecule has 2 aliphatic rings. The van der Waals surface area contributed by atoms with Crippen LogP contribution in [0, 0.1) is 5.92 Å². The zero-order chi connectivity index (χ0) is 11.6. The second-order valence-electron chi connectivity index (χ2n) is 4.88. The molecule has 0 radical (unpaired) electrons.